The lowest BCUT2D eigenvalue weighted by Gasteiger charge is -2.22. The summed E-state index contributed by atoms with van der Waals surface area (Å²) in [6.07, 6.45) is 5.60. The Kier molecular flexibility index (Phi) is 11.9. The number of carbonyl (C=O) groups is 2. The van der Waals surface area contributed by atoms with E-state index in [1.165, 1.54) is 36.6 Å². The lowest BCUT2D eigenvalue weighted by molar-refractivity contribution is -0.172. The van der Waals surface area contributed by atoms with Gasteiger partial charge in [-0.1, -0.05) is 65.7 Å². The van der Waals surface area contributed by atoms with Crippen molar-refractivity contribution in [2.45, 2.75) is 116 Å². The number of halogens is 1. The van der Waals surface area contributed by atoms with Crippen LogP contribution >= 0.6 is 0 Å². The average Bonchev–Trinajstić information content (AvgIpc) is 3.50. The third-order valence-corrected chi connectivity index (χ3v) is 7.14. The number of alkyl halides is 1. The summed E-state index contributed by atoms with van der Waals surface area (Å²) >= 11 is 0. The molecule has 0 amide bonds. The average molecular weight is 567 g/mol. The number of fused-ring (bicyclic) bond motifs is 1. The first-order chi connectivity index (χ1) is 19.1. The lowest BCUT2D eigenvalue weighted by atomic mass is 10.0. The number of aromatic amines is 1. The van der Waals surface area contributed by atoms with Gasteiger partial charge in [0.25, 0.3) is 5.56 Å². The number of hydrogen-bond donors (Lipinski definition) is 3. The van der Waals surface area contributed by atoms with Crippen LogP contribution in [0.1, 0.15) is 91.2 Å². The molecule has 5 atom stereocenters. The van der Waals surface area contributed by atoms with Crippen molar-refractivity contribution in [3.05, 3.63) is 16.7 Å². The van der Waals surface area contributed by atoms with Crippen LogP contribution in [0.2, 0.25) is 0 Å². The molecule has 12 nitrogen and oxygen atoms in total. The van der Waals surface area contributed by atoms with Gasteiger partial charge in [-0.2, -0.15) is 4.98 Å². The molecule has 0 spiro atoms. The zero-order valence-corrected chi connectivity index (χ0v) is 23.6. The first kappa shape index (κ1) is 31.5. The van der Waals surface area contributed by atoms with E-state index in [0.717, 1.165) is 19.3 Å². The Hall–Kier alpha value is -3.06. The highest BCUT2D eigenvalue weighted by atomic mass is 19.1. The van der Waals surface area contributed by atoms with Crippen molar-refractivity contribution in [3.8, 4) is 0 Å². The van der Waals surface area contributed by atoms with Crippen LogP contribution in [-0.4, -0.2) is 62.5 Å². The van der Waals surface area contributed by atoms with E-state index in [4.69, 9.17) is 25.7 Å². The van der Waals surface area contributed by atoms with Gasteiger partial charge in [0.1, 0.15) is 31.2 Å². The van der Waals surface area contributed by atoms with Crippen molar-refractivity contribution in [1.29, 1.82) is 0 Å². The van der Waals surface area contributed by atoms with E-state index in [9.17, 15) is 18.8 Å². The SMILES string of the molecule is CCCCCCCCCCC(OC(=O)[C@@H](N)C(C)C)C(=O)OC[C@H]1O[C@@H](n2cnc3c(=O)[nH]c(N)nc32)C[C@@H]1F. The number of ether oxygens (including phenoxy) is 3. The summed E-state index contributed by atoms with van der Waals surface area (Å²) in [4.78, 5) is 47.9. The Bertz CT molecular complexity index is 1170. The predicted molar refractivity (Wildman–Crippen MR) is 147 cm³/mol. The molecule has 0 aromatic carbocycles. The van der Waals surface area contributed by atoms with E-state index in [2.05, 4.69) is 21.9 Å². The summed E-state index contributed by atoms with van der Waals surface area (Å²) < 4.78 is 32.9. The minimum Gasteiger partial charge on any atom is -0.460 e. The fourth-order valence-corrected chi connectivity index (χ4v) is 4.60. The minimum atomic E-state index is -1.46. The van der Waals surface area contributed by atoms with Crippen molar-refractivity contribution in [2.24, 2.45) is 11.7 Å². The molecule has 5 N–H and O–H groups in total. The van der Waals surface area contributed by atoms with E-state index in [0.29, 0.717) is 12.8 Å². The zero-order chi connectivity index (χ0) is 29.2. The van der Waals surface area contributed by atoms with Gasteiger partial charge in [-0.05, 0) is 18.8 Å². The fraction of sp³-hybridized carbons (Fsp3) is 0.741. The maximum Gasteiger partial charge on any atom is 0.347 e. The molecule has 0 saturated carbocycles. The van der Waals surface area contributed by atoms with Crippen LogP contribution in [0, 0.1) is 5.92 Å². The van der Waals surface area contributed by atoms with Crippen molar-refractivity contribution >= 4 is 29.1 Å². The van der Waals surface area contributed by atoms with Gasteiger partial charge in [0.2, 0.25) is 5.95 Å². The molecular weight excluding hydrogens is 523 g/mol. The Labute approximate surface area is 233 Å². The molecule has 1 saturated heterocycles. The molecule has 1 aliphatic rings. The van der Waals surface area contributed by atoms with Crippen LogP contribution < -0.4 is 17.0 Å². The minimum absolute atomic E-state index is 0.0494. The standard InChI is InChI=1S/C27H43FN6O6/c1-4-5-6-7-8-9-10-11-12-18(40-26(37)21(29)16(2)3)25(36)38-14-19-17(28)13-20(39-19)34-15-31-22-23(34)32-27(30)33-24(22)35/h15-21H,4-14,29H2,1-3H3,(H3,30,32,33,35)/t17-,18?,19+,20+,21-/m0/s1. The third-order valence-electron chi connectivity index (χ3n) is 7.14. The Morgan fingerprint density at radius 2 is 1.85 bits per heavy atom. The first-order valence-electron chi connectivity index (χ1n) is 14.3. The summed E-state index contributed by atoms with van der Waals surface area (Å²) in [6, 6.07) is -0.872. The summed E-state index contributed by atoms with van der Waals surface area (Å²) in [5.41, 5.74) is 11.2. The second-order valence-corrected chi connectivity index (χ2v) is 10.7. The number of unbranched alkanes of at least 4 members (excludes halogenated alkanes) is 7. The van der Waals surface area contributed by atoms with Crippen molar-refractivity contribution < 1.29 is 28.2 Å². The van der Waals surface area contributed by atoms with Gasteiger partial charge in [0, 0.05) is 6.42 Å². The number of rotatable bonds is 16. The van der Waals surface area contributed by atoms with Crippen LogP contribution in [0.3, 0.4) is 0 Å². The summed E-state index contributed by atoms with van der Waals surface area (Å²) in [5, 5.41) is 0. The van der Waals surface area contributed by atoms with Crippen LogP contribution in [-0.2, 0) is 23.8 Å². The highest BCUT2D eigenvalue weighted by molar-refractivity contribution is 5.82. The number of nitrogens with two attached hydrogens (primary N) is 2. The monoisotopic (exact) mass is 566 g/mol. The van der Waals surface area contributed by atoms with Crippen LogP contribution in [0.5, 0.6) is 0 Å². The molecule has 3 heterocycles. The van der Waals surface area contributed by atoms with Gasteiger partial charge < -0.3 is 25.7 Å². The number of hydrogen-bond acceptors (Lipinski definition) is 10. The molecule has 2 aromatic heterocycles. The quantitative estimate of drug-likeness (QED) is 0.202. The third kappa shape index (κ3) is 8.47. The molecule has 1 unspecified atom stereocenters. The maximum absolute atomic E-state index is 14.9. The van der Waals surface area contributed by atoms with E-state index in [-0.39, 0.29) is 36.1 Å². The summed E-state index contributed by atoms with van der Waals surface area (Å²) in [5.74, 6) is -1.71. The number of anilines is 1. The Morgan fingerprint density at radius 3 is 2.52 bits per heavy atom. The number of aromatic nitrogens is 4. The Morgan fingerprint density at radius 1 is 1.18 bits per heavy atom. The first-order valence-corrected chi connectivity index (χ1v) is 14.3. The Balaban J connectivity index is 1.56. The largest absolute Gasteiger partial charge is 0.460 e. The molecule has 40 heavy (non-hydrogen) atoms. The number of esters is 2. The van der Waals surface area contributed by atoms with E-state index >= 15 is 0 Å². The van der Waals surface area contributed by atoms with E-state index in [1.807, 2.05) is 0 Å². The predicted octanol–water partition coefficient (Wildman–Crippen LogP) is 3.30. The van der Waals surface area contributed by atoms with E-state index < -0.39 is 48.1 Å². The number of nitrogen functional groups attached to an aromatic ring is 1. The fourth-order valence-electron chi connectivity index (χ4n) is 4.60. The molecule has 2 aromatic rings. The number of carbonyl (C=O) groups excluding carboxylic acids is 2. The van der Waals surface area contributed by atoms with Gasteiger partial charge in [-0.25, -0.2) is 14.2 Å². The zero-order valence-electron chi connectivity index (χ0n) is 23.6. The van der Waals surface area contributed by atoms with Crippen LogP contribution in [0.4, 0.5) is 10.3 Å². The number of nitrogens with one attached hydrogen (secondary N) is 1. The molecule has 3 rings (SSSR count). The van der Waals surface area contributed by atoms with Gasteiger partial charge >= 0.3 is 11.9 Å². The normalized spacial score (nSPS) is 20.6. The number of nitrogens with zero attached hydrogens (tertiary/aromatic N) is 3. The smallest absolute Gasteiger partial charge is 0.347 e. The molecule has 1 aliphatic heterocycles. The van der Waals surface area contributed by atoms with Gasteiger partial charge in [-0.3, -0.25) is 19.1 Å². The highest BCUT2D eigenvalue weighted by Crippen LogP contribution is 2.32. The van der Waals surface area contributed by atoms with Crippen LogP contribution in [0.25, 0.3) is 11.2 Å². The van der Waals surface area contributed by atoms with Crippen LogP contribution in [0.15, 0.2) is 11.1 Å². The second-order valence-electron chi connectivity index (χ2n) is 10.7. The second kappa shape index (κ2) is 15.1. The molecule has 224 valence electrons. The number of imidazole rings is 1. The molecule has 1 fully saturated rings. The molecular formula is C27H43FN6O6. The topological polar surface area (TPSA) is 177 Å². The van der Waals surface area contributed by atoms with Gasteiger partial charge in [-0.15, -0.1) is 0 Å². The van der Waals surface area contributed by atoms with Crippen molar-refractivity contribution in [2.75, 3.05) is 12.3 Å². The lowest BCUT2D eigenvalue weighted by Crippen LogP contribution is -2.41. The molecule has 0 bridgehead atoms. The van der Waals surface area contributed by atoms with E-state index in [1.54, 1.807) is 13.8 Å². The highest BCUT2D eigenvalue weighted by Gasteiger charge is 2.39. The summed E-state index contributed by atoms with van der Waals surface area (Å²) in [6.45, 7) is 5.38. The van der Waals surface area contributed by atoms with Gasteiger partial charge in [0.05, 0.1) is 6.33 Å². The van der Waals surface area contributed by atoms with Gasteiger partial charge in [0.15, 0.2) is 17.3 Å². The van der Waals surface area contributed by atoms with Crippen molar-refractivity contribution in [1.82, 2.24) is 19.5 Å². The number of H-pyrrole nitrogens is 1. The molecule has 13 heteroatoms. The molecule has 0 aliphatic carbocycles. The summed E-state index contributed by atoms with van der Waals surface area (Å²) in [7, 11) is 0. The van der Waals surface area contributed by atoms with Crippen molar-refractivity contribution in [3.63, 3.8) is 0 Å². The maximum atomic E-state index is 14.9. The molecule has 0 radical (unpaired) electrons.